The van der Waals surface area contributed by atoms with E-state index in [1.165, 1.54) is 30.4 Å². The molecule has 1 aliphatic carbocycles. The van der Waals surface area contributed by atoms with E-state index < -0.39 is 0 Å². The molecule has 0 aromatic heterocycles. The van der Waals surface area contributed by atoms with Gasteiger partial charge in [0, 0.05) is 26.2 Å². The van der Waals surface area contributed by atoms with Crippen LogP contribution in [0.2, 0.25) is 0 Å². The molecule has 3 heteroatoms. The van der Waals surface area contributed by atoms with E-state index in [0.29, 0.717) is 6.04 Å². The van der Waals surface area contributed by atoms with Gasteiger partial charge in [-0.05, 0) is 56.5 Å². The highest BCUT2D eigenvalue weighted by Crippen LogP contribution is 2.32. The number of fused-ring (bicyclic) bond motifs is 1. The van der Waals surface area contributed by atoms with Crippen molar-refractivity contribution in [1.29, 1.82) is 0 Å². The maximum absolute atomic E-state index is 5.97. The van der Waals surface area contributed by atoms with Crippen molar-refractivity contribution in [2.75, 3.05) is 20.8 Å². The van der Waals surface area contributed by atoms with Crippen LogP contribution in [0.4, 0.5) is 0 Å². The molecule has 2 atom stereocenters. The first-order valence-corrected chi connectivity index (χ1v) is 7.20. The number of aryl methyl sites for hydroxylation is 1. The van der Waals surface area contributed by atoms with Gasteiger partial charge >= 0.3 is 0 Å². The number of nitrogens with one attached hydrogen (secondary N) is 1. The smallest absolute Gasteiger partial charge is 0.120 e. The van der Waals surface area contributed by atoms with Crippen molar-refractivity contribution in [2.24, 2.45) is 0 Å². The number of hydrogen-bond acceptors (Lipinski definition) is 3. The van der Waals surface area contributed by atoms with Crippen LogP contribution in [-0.2, 0) is 11.2 Å². The number of benzene rings is 1. The monoisotopic (exact) mass is 263 g/mol. The lowest BCUT2D eigenvalue weighted by molar-refractivity contribution is 0.135. The zero-order valence-electron chi connectivity index (χ0n) is 12.2. The standard InChI is InChI=1S/C16H25NO2/c1-12(9-10-18-3)19-14-8-7-13-5-4-6-16(17-2)15(13)11-14/h7-8,11-12,16-17H,4-6,9-10H2,1-3H3. The van der Waals surface area contributed by atoms with E-state index in [1.54, 1.807) is 7.11 Å². The van der Waals surface area contributed by atoms with Gasteiger partial charge in [-0.25, -0.2) is 0 Å². The molecule has 0 saturated carbocycles. The quantitative estimate of drug-likeness (QED) is 0.855. The molecule has 0 amide bonds. The Morgan fingerprint density at radius 3 is 3.00 bits per heavy atom. The fourth-order valence-corrected chi connectivity index (χ4v) is 2.73. The fraction of sp³-hybridized carbons (Fsp3) is 0.625. The van der Waals surface area contributed by atoms with Crippen LogP contribution in [0.25, 0.3) is 0 Å². The molecule has 3 nitrogen and oxygen atoms in total. The lowest BCUT2D eigenvalue weighted by Crippen LogP contribution is -2.22. The van der Waals surface area contributed by atoms with Crippen LogP contribution < -0.4 is 10.1 Å². The van der Waals surface area contributed by atoms with Crippen LogP contribution in [0, 0.1) is 0 Å². The molecule has 0 fully saturated rings. The van der Waals surface area contributed by atoms with Crippen LogP contribution in [-0.4, -0.2) is 26.9 Å². The van der Waals surface area contributed by atoms with Crippen LogP contribution >= 0.6 is 0 Å². The number of hydrogen-bond donors (Lipinski definition) is 1. The summed E-state index contributed by atoms with van der Waals surface area (Å²) < 4.78 is 11.1. The zero-order valence-corrected chi connectivity index (χ0v) is 12.2. The van der Waals surface area contributed by atoms with Crippen molar-refractivity contribution >= 4 is 0 Å². The second-order valence-corrected chi connectivity index (χ2v) is 5.30. The Morgan fingerprint density at radius 2 is 2.26 bits per heavy atom. The molecule has 1 aromatic carbocycles. The molecule has 1 aromatic rings. The molecular formula is C16H25NO2. The van der Waals surface area contributed by atoms with Crippen LogP contribution in [0.15, 0.2) is 18.2 Å². The van der Waals surface area contributed by atoms with E-state index in [9.17, 15) is 0 Å². The van der Waals surface area contributed by atoms with Gasteiger partial charge in [-0.15, -0.1) is 0 Å². The molecule has 2 rings (SSSR count). The van der Waals surface area contributed by atoms with Crippen LogP contribution in [0.3, 0.4) is 0 Å². The highest BCUT2D eigenvalue weighted by atomic mass is 16.5. The van der Waals surface area contributed by atoms with Crippen molar-refractivity contribution in [3.8, 4) is 5.75 Å². The summed E-state index contributed by atoms with van der Waals surface area (Å²) in [5.41, 5.74) is 2.87. The van der Waals surface area contributed by atoms with E-state index >= 15 is 0 Å². The Morgan fingerprint density at radius 1 is 1.42 bits per heavy atom. The van der Waals surface area contributed by atoms with Gasteiger partial charge in [0.15, 0.2) is 0 Å². The van der Waals surface area contributed by atoms with Crippen LogP contribution in [0.5, 0.6) is 5.75 Å². The molecule has 19 heavy (non-hydrogen) atoms. The molecule has 106 valence electrons. The molecule has 0 bridgehead atoms. The van der Waals surface area contributed by atoms with E-state index in [0.717, 1.165) is 18.8 Å². The summed E-state index contributed by atoms with van der Waals surface area (Å²) in [5, 5.41) is 3.40. The third kappa shape index (κ3) is 3.71. The predicted octanol–water partition coefficient (Wildman–Crippen LogP) is 3.09. The van der Waals surface area contributed by atoms with E-state index in [1.807, 2.05) is 7.05 Å². The Hall–Kier alpha value is -1.06. The minimum atomic E-state index is 0.189. The second-order valence-electron chi connectivity index (χ2n) is 5.30. The molecule has 1 aliphatic rings. The Balaban J connectivity index is 2.06. The summed E-state index contributed by atoms with van der Waals surface area (Å²) in [4.78, 5) is 0. The summed E-state index contributed by atoms with van der Waals surface area (Å²) in [6.07, 6.45) is 4.78. The lowest BCUT2D eigenvalue weighted by atomic mass is 9.87. The van der Waals surface area contributed by atoms with E-state index in [-0.39, 0.29) is 6.10 Å². The summed E-state index contributed by atoms with van der Waals surface area (Å²) in [6, 6.07) is 7.00. The number of rotatable bonds is 6. The molecule has 0 radical (unpaired) electrons. The first kappa shape index (κ1) is 14.4. The molecule has 0 aliphatic heterocycles. The average Bonchev–Trinajstić information content (AvgIpc) is 2.44. The Labute approximate surface area is 116 Å². The van der Waals surface area contributed by atoms with Crippen LogP contribution in [0.1, 0.15) is 43.4 Å². The molecule has 0 spiro atoms. The Kier molecular flexibility index (Phi) is 5.23. The fourth-order valence-electron chi connectivity index (χ4n) is 2.73. The summed E-state index contributed by atoms with van der Waals surface area (Å²) in [7, 11) is 3.76. The van der Waals surface area contributed by atoms with E-state index in [4.69, 9.17) is 9.47 Å². The number of methoxy groups -OCH3 is 1. The topological polar surface area (TPSA) is 30.5 Å². The van der Waals surface area contributed by atoms with Gasteiger partial charge in [0.1, 0.15) is 5.75 Å². The SMILES string of the molecule is CNC1CCCc2ccc(OC(C)CCOC)cc21. The highest BCUT2D eigenvalue weighted by molar-refractivity contribution is 5.39. The summed E-state index contributed by atoms with van der Waals surface area (Å²) >= 11 is 0. The first-order chi connectivity index (χ1) is 9.24. The lowest BCUT2D eigenvalue weighted by Gasteiger charge is -2.26. The van der Waals surface area contributed by atoms with E-state index in [2.05, 4.69) is 30.4 Å². The van der Waals surface area contributed by atoms with Crippen molar-refractivity contribution in [3.05, 3.63) is 29.3 Å². The molecule has 1 N–H and O–H groups in total. The van der Waals surface area contributed by atoms with Crippen molar-refractivity contribution in [1.82, 2.24) is 5.32 Å². The maximum Gasteiger partial charge on any atom is 0.120 e. The maximum atomic E-state index is 5.97. The summed E-state index contributed by atoms with van der Waals surface area (Å²) in [5.74, 6) is 0.976. The Bertz CT molecular complexity index is 406. The molecule has 0 saturated heterocycles. The van der Waals surface area contributed by atoms with Gasteiger partial charge < -0.3 is 14.8 Å². The summed E-state index contributed by atoms with van der Waals surface area (Å²) in [6.45, 7) is 2.83. The predicted molar refractivity (Wildman–Crippen MR) is 77.8 cm³/mol. The molecular weight excluding hydrogens is 238 g/mol. The van der Waals surface area contributed by atoms with Gasteiger partial charge in [-0.1, -0.05) is 6.07 Å². The van der Waals surface area contributed by atoms with Crippen molar-refractivity contribution < 1.29 is 9.47 Å². The second kappa shape index (κ2) is 6.92. The van der Waals surface area contributed by atoms with Gasteiger partial charge in [-0.3, -0.25) is 0 Å². The van der Waals surface area contributed by atoms with Gasteiger partial charge in [0.05, 0.1) is 6.10 Å². The van der Waals surface area contributed by atoms with Crippen molar-refractivity contribution in [2.45, 2.75) is 44.8 Å². The molecule has 2 unspecified atom stereocenters. The third-order valence-corrected chi connectivity index (χ3v) is 3.85. The van der Waals surface area contributed by atoms with Gasteiger partial charge in [-0.2, -0.15) is 0 Å². The zero-order chi connectivity index (χ0) is 13.7. The van der Waals surface area contributed by atoms with Gasteiger partial charge in [0.25, 0.3) is 0 Å². The number of ether oxygens (including phenoxy) is 2. The largest absolute Gasteiger partial charge is 0.491 e. The normalized spacial score (nSPS) is 19.8. The highest BCUT2D eigenvalue weighted by Gasteiger charge is 2.19. The average molecular weight is 263 g/mol. The van der Waals surface area contributed by atoms with Crippen molar-refractivity contribution in [3.63, 3.8) is 0 Å². The van der Waals surface area contributed by atoms with Gasteiger partial charge in [0.2, 0.25) is 0 Å². The minimum Gasteiger partial charge on any atom is -0.491 e. The molecule has 0 heterocycles. The first-order valence-electron chi connectivity index (χ1n) is 7.20. The third-order valence-electron chi connectivity index (χ3n) is 3.85. The minimum absolute atomic E-state index is 0.189.